The van der Waals surface area contributed by atoms with Crippen molar-refractivity contribution in [1.29, 1.82) is 0 Å². The average molecular weight is 419 g/mol. The number of amides is 2. The molecule has 2 aromatic rings. The van der Waals surface area contributed by atoms with Gasteiger partial charge in [0, 0.05) is 13.2 Å². The van der Waals surface area contributed by atoms with Crippen LogP contribution in [0.15, 0.2) is 69.4 Å². The molecule has 26 heavy (non-hydrogen) atoms. The molecule has 2 rings (SSSR count). The number of benzene rings is 1. The van der Waals surface area contributed by atoms with Gasteiger partial charge in [-0.25, -0.2) is 0 Å². The van der Waals surface area contributed by atoms with Gasteiger partial charge < -0.3 is 20.2 Å². The number of hydrogen-bond acceptors (Lipinski definition) is 4. The first kappa shape index (κ1) is 19.7. The largest absolute Gasteiger partial charge is 0.444 e. The van der Waals surface area contributed by atoms with Crippen molar-refractivity contribution < 1.29 is 19.1 Å². The van der Waals surface area contributed by atoms with Crippen molar-refractivity contribution in [2.75, 3.05) is 13.2 Å². The van der Waals surface area contributed by atoms with Crippen molar-refractivity contribution in [3.8, 4) is 0 Å². The Hall–Kier alpha value is -2.64. The predicted molar refractivity (Wildman–Crippen MR) is 102 cm³/mol. The summed E-state index contributed by atoms with van der Waals surface area (Å²) in [6.07, 6.45) is 5.43. The second-order valence-corrected chi connectivity index (χ2v) is 6.02. The van der Waals surface area contributed by atoms with Gasteiger partial charge in [-0.15, -0.1) is 0 Å². The molecule has 6 nitrogen and oxygen atoms in total. The van der Waals surface area contributed by atoms with Crippen LogP contribution in [0.1, 0.15) is 22.5 Å². The molecule has 0 radical (unpaired) electrons. The highest BCUT2D eigenvalue weighted by Crippen LogP contribution is 2.14. The first-order valence-corrected chi connectivity index (χ1v) is 8.78. The molecule has 7 heteroatoms. The Morgan fingerprint density at radius 3 is 2.58 bits per heavy atom. The number of carbonyl (C=O) groups excluding carboxylic acids is 2. The zero-order valence-corrected chi connectivity index (χ0v) is 15.5. The van der Waals surface area contributed by atoms with Gasteiger partial charge >= 0.3 is 0 Å². The summed E-state index contributed by atoms with van der Waals surface area (Å²) in [6.45, 7) is 0.275. The van der Waals surface area contributed by atoms with Gasteiger partial charge in [0.25, 0.3) is 11.8 Å². The number of aliphatic hydroxyl groups is 1. The summed E-state index contributed by atoms with van der Waals surface area (Å²) in [5.41, 5.74) is 1.04. The Bertz CT molecular complexity index is 797. The number of hydrogen-bond donors (Lipinski definition) is 3. The van der Waals surface area contributed by atoms with Crippen molar-refractivity contribution in [3.63, 3.8) is 0 Å². The lowest BCUT2D eigenvalue weighted by molar-refractivity contribution is -0.117. The molecule has 0 aliphatic carbocycles. The second kappa shape index (κ2) is 10.4. The third kappa shape index (κ3) is 6.34. The van der Waals surface area contributed by atoms with Gasteiger partial charge in [0.15, 0.2) is 10.4 Å². The zero-order chi connectivity index (χ0) is 18.8. The number of allylic oxidation sites excluding steroid dienone is 2. The normalized spacial score (nSPS) is 11.5. The van der Waals surface area contributed by atoms with Crippen LogP contribution in [-0.2, 0) is 4.79 Å². The van der Waals surface area contributed by atoms with Crippen molar-refractivity contribution >= 4 is 33.8 Å². The van der Waals surface area contributed by atoms with Crippen LogP contribution in [0.3, 0.4) is 0 Å². The van der Waals surface area contributed by atoms with E-state index in [1.54, 1.807) is 12.1 Å². The maximum Gasteiger partial charge on any atom is 0.291 e. The van der Waals surface area contributed by atoms with Gasteiger partial charge in [-0.1, -0.05) is 42.5 Å². The molecule has 3 N–H and O–H groups in total. The molecule has 0 spiro atoms. The lowest BCUT2D eigenvalue weighted by Crippen LogP contribution is -2.35. The third-order valence-electron chi connectivity index (χ3n) is 3.26. The van der Waals surface area contributed by atoms with Crippen LogP contribution in [0.25, 0.3) is 6.08 Å². The van der Waals surface area contributed by atoms with E-state index < -0.39 is 11.8 Å². The van der Waals surface area contributed by atoms with Crippen molar-refractivity contribution in [2.24, 2.45) is 0 Å². The number of halogens is 1. The van der Waals surface area contributed by atoms with Crippen molar-refractivity contribution in [1.82, 2.24) is 10.6 Å². The standard InChI is InChI=1S/C19H19BrN2O4/c20-17-11-10-16(26-17)19(25)22-15(18(24)21-12-5-13-23)9-4-8-14-6-2-1-3-7-14/h1-4,6-11,23H,5,12-13H2,(H,21,24)(H,22,25)/b8-4-,15-9-. The minimum atomic E-state index is -0.535. The maximum atomic E-state index is 12.3. The topological polar surface area (TPSA) is 91.6 Å². The smallest absolute Gasteiger partial charge is 0.291 e. The van der Waals surface area contributed by atoms with Gasteiger partial charge in [0.1, 0.15) is 5.70 Å². The fourth-order valence-electron chi connectivity index (χ4n) is 1.99. The Labute approximate surface area is 159 Å². The summed E-state index contributed by atoms with van der Waals surface area (Å²) in [6, 6.07) is 12.7. The Kier molecular flexibility index (Phi) is 7.85. The Morgan fingerprint density at radius 2 is 1.92 bits per heavy atom. The minimum absolute atomic E-state index is 0.0278. The van der Waals surface area contributed by atoms with Crippen LogP contribution in [-0.4, -0.2) is 30.1 Å². The number of aliphatic hydroxyl groups excluding tert-OH is 1. The Morgan fingerprint density at radius 1 is 1.15 bits per heavy atom. The summed E-state index contributed by atoms with van der Waals surface area (Å²) in [5, 5.41) is 14.0. The molecule has 1 aromatic heterocycles. The summed E-state index contributed by atoms with van der Waals surface area (Å²) in [7, 11) is 0. The highest BCUT2D eigenvalue weighted by molar-refractivity contribution is 9.10. The average Bonchev–Trinajstić information content (AvgIpc) is 3.08. The number of furan rings is 1. The zero-order valence-electron chi connectivity index (χ0n) is 13.9. The van der Waals surface area contributed by atoms with Gasteiger partial charge in [0.05, 0.1) is 0 Å². The fourth-order valence-corrected chi connectivity index (χ4v) is 2.30. The van der Waals surface area contributed by atoms with Crippen LogP contribution in [0.4, 0.5) is 0 Å². The highest BCUT2D eigenvalue weighted by Gasteiger charge is 2.16. The third-order valence-corrected chi connectivity index (χ3v) is 3.69. The van der Waals surface area contributed by atoms with Crippen molar-refractivity contribution in [3.05, 3.63) is 76.3 Å². The maximum absolute atomic E-state index is 12.3. The van der Waals surface area contributed by atoms with E-state index >= 15 is 0 Å². The lowest BCUT2D eigenvalue weighted by atomic mass is 10.2. The van der Waals surface area contributed by atoms with Crippen molar-refractivity contribution in [2.45, 2.75) is 6.42 Å². The molecule has 1 aromatic carbocycles. The molecule has 1 heterocycles. The van der Waals surface area contributed by atoms with Gasteiger partial charge in [-0.3, -0.25) is 9.59 Å². The van der Waals surface area contributed by atoms with E-state index in [4.69, 9.17) is 9.52 Å². The predicted octanol–water partition coefficient (Wildman–Crippen LogP) is 2.87. The van der Waals surface area contributed by atoms with E-state index in [0.717, 1.165) is 5.56 Å². The van der Waals surface area contributed by atoms with E-state index in [1.165, 1.54) is 12.1 Å². The van der Waals surface area contributed by atoms with E-state index in [-0.39, 0.29) is 18.1 Å². The van der Waals surface area contributed by atoms with Crippen LogP contribution in [0.2, 0.25) is 0 Å². The van der Waals surface area contributed by atoms with Crippen LogP contribution < -0.4 is 10.6 Å². The van der Waals surface area contributed by atoms with Gasteiger partial charge in [-0.2, -0.15) is 0 Å². The molecule has 0 aliphatic rings. The molecule has 2 amide bonds. The van der Waals surface area contributed by atoms with E-state index in [1.807, 2.05) is 36.4 Å². The minimum Gasteiger partial charge on any atom is -0.444 e. The van der Waals surface area contributed by atoms with Crippen LogP contribution in [0, 0.1) is 0 Å². The molecule has 0 atom stereocenters. The summed E-state index contributed by atoms with van der Waals surface area (Å²) in [4.78, 5) is 24.5. The number of rotatable bonds is 8. The molecule has 0 saturated heterocycles. The quantitative estimate of drug-likeness (QED) is 0.349. The monoisotopic (exact) mass is 418 g/mol. The summed E-state index contributed by atoms with van der Waals surface area (Å²) in [5.74, 6) is -0.902. The fraction of sp³-hybridized carbons (Fsp3) is 0.158. The van der Waals surface area contributed by atoms with E-state index in [2.05, 4.69) is 26.6 Å². The molecule has 0 unspecified atom stereocenters. The van der Waals surface area contributed by atoms with E-state index in [9.17, 15) is 9.59 Å². The van der Waals surface area contributed by atoms with Gasteiger partial charge in [0.2, 0.25) is 0 Å². The lowest BCUT2D eigenvalue weighted by Gasteiger charge is -2.09. The summed E-state index contributed by atoms with van der Waals surface area (Å²) >= 11 is 3.13. The molecule has 0 fully saturated rings. The molecule has 136 valence electrons. The number of carbonyl (C=O) groups is 2. The highest BCUT2D eigenvalue weighted by atomic mass is 79.9. The van der Waals surface area contributed by atoms with E-state index in [0.29, 0.717) is 17.6 Å². The molecule has 0 saturated carbocycles. The number of nitrogens with one attached hydrogen (secondary N) is 2. The Balaban J connectivity index is 2.12. The van der Waals surface area contributed by atoms with Crippen LogP contribution in [0.5, 0.6) is 0 Å². The van der Waals surface area contributed by atoms with Crippen LogP contribution >= 0.6 is 15.9 Å². The molecular weight excluding hydrogens is 400 g/mol. The SMILES string of the molecule is O=C(NCCCO)/C(=C/C=C\c1ccccc1)NC(=O)c1ccc(Br)o1. The van der Waals surface area contributed by atoms with Gasteiger partial charge in [-0.05, 0) is 46.1 Å². The first-order valence-electron chi connectivity index (χ1n) is 7.99. The summed E-state index contributed by atoms with van der Waals surface area (Å²) < 4.78 is 5.61. The first-order chi connectivity index (χ1) is 12.6. The molecule has 0 aliphatic heterocycles. The molecular formula is C19H19BrN2O4. The second-order valence-electron chi connectivity index (χ2n) is 5.24. The molecule has 0 bridgehead atoms.